The molecule has 0 heterocycles. The SMILES string of the molecule is C=C(CCCC=C(c1cc(Cl)c(C)c(C(=C)NC)c1)c1cc(Cl)c(C)c(C(=C)NC)c1)NC.CNC(=O)CCCC=C(c1cc(Cl)c(C)c(C(=O)NC)c1)c1cc(Cl)c(C)c(C(=O)NC)c1. The van der Waals surface area contributed by atoms with E-state index >= 15 is 0 Å². The molecule has 0 bridgehead atoms. The van der Waals surface area contributed by atoms with Crippen LogP contribution in [-0.4, -0.2) is 60.0 Å². The fourth-order valence-electron chi connectivity index (χ4n) is 7.10. The van der Waals surface area contributed by atoms with Crippen LogP contribution in [0.2, 0.25) is 20.1 Å². The standard InChI is InChI=1S/C28H35Cl2N3.C25H29Cl2N3O3/c1-17(31-6)11-9-10-12-24(22-13-25(20(4)32-7)18(2)27(29)15-22)23-14-26(21(5)33-8)19(3)28(30)16-23;1-14-19(24(32)29-4)10-16(12-21(14)26)18(8-6-7-9-23(31)28-3)17-11-20(25(33)30-5)15(2)22(27)13-17/h12-16,31-33H,1,4-5,9-11H2,2-3,6-8H3;8,10-13H,6-7,9H2,1-5H3,(H,28,31)(H,29,32)(H,30,33). The molecule has 0 aromatic heterocycles. The summed E-state index contributed by atoms with van der Waals surface area (Å²) < 4.78 is 0. The molecule has 0 saturated carbocycles. The molecule has 13 heteroatoms. The molecule has 4 aromatic carbocycles. The van der Waals surface area contributed by atoms with Crippen LogP contribution in [0.15, 0.2) is 86.1 Å². The first-order valence-electron chi connectivity index (χ1n) is 21.6. The maximum Gasteiger partial charge on any atom is 0.251 e. The average Bonchev–Trinajstić information content (AvgIpc) is 3.31. The van der Waals surface area contributed by atoms with Crippen molar-refractivity contribution in [3.05, 3.63) is 173 Å². The summed E-state index contributed by atoms with van der Waals surface area (Å²) in [5, 5.41) is 19.6. The molecule has 0 atom stereocenters. The third-order valence-corrected chi connectivity index (χ3v) is 13.0. The molecular formula is C53H64Cl4N6O3. The maximum atomic E-state index is 12.4. The molecular weight excluding hydrogens is 910 g/mol. The van der Waals surface area contributed by atoms with Crippen molar-refractivity contribution < 1.29 is 14.4 Å². The van der Waals surface area contributed by atoms with Gasteiger partial charge in [-0.25, -0.2) is 0 Å². The molecule has 4 rings (SSSR count). The van der Waals surface area contributed by atoms with E-state index in [0.717, 1.165) is 80.9 Å². The number of unbranched alkanes of at least 4 members (excludes halogenated alkanes) is 2. The van der Waals surface area contributed by atoms with Crippen molar-refractivity contribution >= 4 is 86.7 Å². The van der Waals surface area contributed by atoms with Gasteiger partial charge in [-0.15, -0.1) is 0 Å². The molecule has 0 fully saturated rings. The van der Waals surface area contributed by atoms with Crippen LogP contribution in [-0.2, 0) is 4.79 Å². The van der Waals surface area contributed by atoms with Crippen LogP contribution >= 0.6 is 46.4 Å². The van der Waals surface area contributed by atoms with Gasteiger partial charge < -0.3 is 31.9 Å². The first-order chi connectivity index (χ1) is 31.3. The lowest BCUT2D eigenvalue weighted by molar-refractivity contribution is -0.120. The lowest BCUT2D eigenvalue weighted by Crippen LogP contribution is -2.20. The van der Waals surface area contributed by atoms with Crippen molar-refractivity contribution in [1.82, 2.24) is 31.9 Å². The number of rotatable bonds is 19. The zero-order valence-corrected chi connectivity index (χ0v) is 42.9. The van der Waals surface area contributed by atoms with E-state index in [9.17, 15) is 14.4 Å². The number of amides is 3. The van der Waals surface area contributed by atoms with Gasteiger partial charge in [-0.3, -0.25) is 14.4 Å². The van der Waals surface area contributed by atoms with Crippen molar-refractivity contribution in [3.8, 4) is 0 Å². The molecule has 0 unspecified atom stereocenters. The van der Waals surface area contributed by atoms with Crippen molar-refractivity contribution in [3.63, 3.8) is 0 Å². The number of carbonyl (C=O) groups excluding carboxylic acids is 3. The van der Waals surface area contributed by atoms with Crippen LogP contribution in [0.1, 0.15) is 115 Å². The average molecular weight is 975 g/mol. The zero-order valence-electron chi connectivity index (χ0n) is 39.9. The van der Waals surface area contributed by atoms with E-state index in [4.69, 9.17) is 46.4 Å². The Morgan fingerprint density at radius 2 is 0.773 bits per heavy atom. The van der Waals surface area contributed by atoms with Crippen LogP contribution in [0.4, 0.5) is 0 Å². The van der Waals surface area contributed by atoms with Gasteiger partial charge in [-0.1, -0.05) is 78.3 Å². The predicted molar refractivity (Wildman–Crippen MR) is 282 cm³/mol. The monoisotopic (exact) mass is 972 g/mol. The predicted octanol–water partition coefficient (Wildman–Crippen LogP) is 12.0. The molecule has 0 aliphatic carbocycles. The highest BCUT2D eigenvalue weighted by atomic mass is 35.5. The summed E-state index contributed by atoms with van der Waals surface area (Å²) in [6.45, 7) is 19.9. The van der Waals surface area contributed by atoms with Gasteiger partial charge in [0.05, 0.1) is 0 Å². The smallest absolute Gasteiger partial charge is 0.251 e. The third kappa shape index (κ3) is 14.3. The lowest BCUT2D eigenvalue weighted by atomic mass is 9.90. The van der Waals surface area contributed by atoms with Crippen LogP contribution in [0.5, 0.6) is 0 Å². The molecule has 0 radical (unpaired) electrons. The van der Waals surface area contributed by atoms with E-state index in [-0.39, 0.29) is 17.7 Å². The van der Waals surface area contributed by atoms with Crippen molar-refractivity contribution in [2.75, 3.05) is 42.3 Å². The topological polar surface area (TPSA) is 123 Å². The minimum atomic E-state index is -0.247. The Bertz CT molecular complexity index is 2240. The molecule has 4 aromatic rings. The number of halogens is 4. The van der Waals surface area contributed by atoms with Crippen molar-refractivity contribution in [2.45, 2.75) is 66.2 Å². The summed E-state index contributed by atoms with van der Waals surface area (Å²) in [6.07, 6.45) is 8.63. The van der Waals surface area contributed by atoms with Crippen molar-refractivity contribution in [2.24, 2.45) is 0 Å². The molecule has 0 aliphatic rings. The summed E-state index contributed by atoms with van der Waals surface area (Å²) >= 11 is 26.3. The second-order valence-electron chi connectivity index (χ2n) is 15.7. The number of carbonyl (C=O) groups is 3. The minimum Gasteiger partial charge on any atom is -0.392 e. The van der Waals surface area contributed by atoms with Crippen LogP contribution < -0.4 is 31.9 Å². The van der Waals surface area contributed by atoms with Gasteiger partial charge in [0.1, 0.15) is 0 Å². The zero-order chi connectivity index (χ0) is 49.4. The number of benzene rings is 4. The van der Waals surface area contributed by atoms with Crippen LogP contribution in [0.25, 0.3) is 22.5 Å². The largest absolute Gasteiger partial charge is 0.392 e. The Balaban J connectivity index is 0.000000350. The Hall–Kier alpha value is -5.45. The molecule has 6 N–H and O–H groups in total. The fourth-order valence-corrected chi connectivity index (χ4v) is 7.98. The molecule has 3 amide bonds. The van der Waals surface area contributed by atoms with Gasteiger partial charge >= 0.3 is 0 Å². The van der Waals surface area contributed by atoms with E-state index in [1.165, 1.54) is 0 Å². The quantitative estimate of drug-likeness (QED) is 0.0520. The van der Waals surface area contributed by atoms with Crippen LogP contribution in [0, 0.1) is 27.7 Å². The Kier molecular flexibility index (Phi) is 21.6. The second kappa shape index (κ2) is 26.0. The summed E-state index contributed by atoms with van der Waals surface area (Å²) in [6, 6.07) is 15.4. The van der Waals surface area contributed by atoms with Gasteiger partial charge in [0, 0.05) is 108 Å². The highest BCUT2D eigenvalue weighted by Gasteiger charge is 2.20. The summed E-state index contributed by atoms with van der Waals surface area (Å²) in [4.78, 5) is 36.5. The van der Waals surface area contributed by atoms with Gasteiger partial charge in [0.15, 0.2) is 0 Å². The molecule has 0 spiro atoms. The lowest BCUT2D eigenvalue weighted by Gasteiger charge is -2.18. The number of hydrogen-bond donors (Lipinski definition) is 6. The van der Waals surface area contributed by atoms with Crippen LogP contribution in [0.3, 0.4) is 0 Å². The number of allylic oxidation sites excluding steroid dienone is 3. The van der Waals surface area contributed by atoms with Crippen molar-refractivity contribution in [1.29, 1.82) is 0 Å². The molecule has 0 saturated heterocycles. The van der Waals surface area contributed by atoms with E-state index in [1.54, 1.807) is 59.3 Å². The number of nitrogens with one attached hydrogen (secondary N) is 6. The first kappa shape index (κ1) is 54.9. The van der Waals surface area contributed by atoms with Gasteiger partial charge in [0.2, 0.25) is 5.91 Å². The summed E-state index contributed by atoms with van der Waals surface area (Å²) in [5.41, 5.74) is 14.2. The molecule has 66 heavy (non-hydrogen) atoms. The van der Waals surface area contributed by atoms with E-state index in [2.05, 4.69) is 69.8 Å². The Morgan fingerprint density at radius 3 is 1.08 bits per heavy atom. The van der Waals surface area contributed by atoms with Gasteiger partial charge in [-0.05, 0) is 164 Å². The fraction of sp³-hybridized carbons (Fsp3) is 0.302. The van der Waals surface area contributed by atoms with E-state index in [0.29, 0.717) is 72.7 Å². The Labute approximate surface area is 412 Å². The minimum absolute atomic E-state index is 0.0366. The maximum absolute atomic E-state index is 12.4. The highest BCUT2D eigenvalue weighted by molar-refractivity contribution is 6.33. The normalized spacial score (nSPS) is 10.4. The highest BCUT2D eigenvalue weighted by Crippen LogP contribution is 2.37. The van der Waals surface area contributed by atoms with Gasteiger partial charge in [-0.2, -0.15) is 0 Å². The first-order valence-corrected chi connectivity index (χ1v) is 23.2. The molecule has 9 nitrogen and oxygen atoms in total. The van der Waals surface area contributed by atoms with Gasteiger partial charge in [0.25, 0.3) is 11.8 Å². The molecule has 0 aliphatic heterocycles. The third-order valence-electron chi connectivity index (χ3n) is 11.4. The Morgan fingerprint density at radius 1 is 0.455 bits per heavy atom. The second-order valence-corrected chi connectivity index (χ2v) is 17.3. The van der Waals surface area contributed by atoms with E-state index in [1.807, 2.05) is 53.2 Å². The molecule has 352 valence electrons. The number of hydrogen-bond acceptors (Lipinski definition) is 6. The van der Waals surface area contributed by atoms with E-state index < -0.39 is 0 Å². The summed E-state index contributed by atoms with van der Waals surface area (Å²) in [5.74, 6) is -0.531. The summed E-state index contributed by atoms with van der Waals surface area (Å²) in [7, 11) is 10.4.